The van der Waals surface area contributed by atoms with E-state index < -0.39 is 5.91 Å². The molecular weight excluding hydrogens is 222 g/mol. The summed E-state index contributed by atoms with van der Waals surface area (Å²) < 4.78 is 1.45. The minimum absolute atomic E-state index is 0.0503. The summed E-state index contributed by atoms with van der Waals surface area (Å²) in [4.78, 5) is 23.0. The van der Waals surface area contributed by atoms with Gasteiger partial charge >= 0.3 is 0 Å². The quantitative estimate of drug-likeness (QED) is 0.625. The molecular formula is C10H15N5O2. The standard InChI is InChI=1S/C10H15N5O2/c1-15-5-7(11)9(14-15)10(17)12-4-8(16)13-6-2-3-6/h5-6H,2-4,11H2,1H3,(H,12,17)(H,13,16). The number of nitrogens with zero attached hydrogens (tertiary/aromatic N) is 2. The van der Waals surface area contributed by atoms with Crippen LogP contribution in [-0.2, 0) is 11.8 Å². The number of nitrogens with one attached hydrogen (secondary N) is 2. The number of carbonyl (C=O) groups excluding carboxylic acids is 2. The third-order valence-corrected chi connectivity index (χ3v) is 2.42. The van der Waals surface area contributed by atoms with E-state index >= 15 is 0 Å². The van der Waals surface area contributed by atoms with Gasteiger partial charge in [0.1, 0.15) is 0 Å². The predicted octanol–water partition coefficient (Wildman–Crippen LogP) is -0.989. The highest BCUT2D eigenvalue weighted by molar-refractivity contribution is 5.98. The van der Waals surface area contributed by atoms with Crippen molar-refractivity contribution < 1.29 is 9.59 Å². The van der Waals surface area contributed by atoms with E-state index in [9.17, 15) is 9.59 Å². The minimum Gasteiger partial charge on any atom is -0.396 e. The van der Waals surface area contributed by atoms with Gasteiger partial charge in [0.05, 0.1) is 12.2 Å². The summed E-state index contributed by atoms with van der Waals surface area (Å²) in [5.74, 6) is -0.621. The normalized spacial score (nSPS) is 14.4. The summed E-state index contributed by atoms with van der Waals surface area (Å²) in [6.45, 7) is -0.0503. The first-order chi connectivity index (χ1) is 8.06. The lowest BCUT2D eigenvalue weighted by molar-refractivity contribution is -0.120. The Morgan fingerprint density at radius 2 is 2.29 bits per heavy atom. The molecule has 1 aliphatic carbocycles. The number of carbonyl (C=O) groups is 2. The van der Waals surface area contributed by atoms with Crippen LogP contribution in [0, 0.1) is 0 Å². The molecule has 0 bridgehead atoms. The van der Waals surface area contributed by atoms with Gasteiger partial charge < -0.3 is 16.4 Å². The Morgan fingerprint density at radius 3 is 2.82 bits per heavy atom. The van der Waals surface area contributed by atoms with Crippen molar-refractivity contribution in [3.8, 4) is 0 Å². The van der Waals surface area contributed by atoms with Crippen LogP contribution in [0.5, 0.6) is 0 Å². The average Bonchev–Trinajstić information content (AvgIpc) is 3.00. The zero-order chi connectivity index (χ0) is 12.4. The smallest absolute Gasteiger partial charge is 0.274 e. The second-order valence-corrected chi connectivity index (χ2v) is 4.13. The first-order valence-electron chi connectivity index (χ1n) is 5.43. The molecule has 1 aromatic heterocycles. The highest BCUT2D eigenvalue weighted by atomic mass is 16.2. The summed E-state index contributed by atoms with van der Waals surface area (Å²) >= 11 is 0. The number of nitrogen functional groups attached to an aromatic ring is 1. The zero-order valence-electron chi connectivity index (χ0n) is 9.56. The molecule has 7 nitrogen and oxygen atoms in total. The van der Waals surface area contributed by atoms with Crippen LogP contribution < -0.4 is 16.4 Å². The van der Waals surface area contributed by atoms with Gasteiger partial charge in [0.25, 0.3) is 5.91 Å². The first kappa shape index (κ1) is 11.4. The number of hydrogen-bond acceptors (Lipinski definition) is 4. The van der Waals surface area contributed by atoms with Crippen molar-refractivity contribution in [2.45, 2.75) is 18.9 Å². The fourth-order valence-corrected chi connectivity index (χ4v) is 1.43. The fourth-order valence-electron chi connectivity index (χ4n) is 1.43. The van der Waals surface area contributed by atoms with Gasteiger partial charge in [-0.2, -0.15) is 5.10 Å². The van der Waals surface area contributed by atoms with E-state index in [1.807, 2.05) is 0 Å². The zero-order valence-corrected chi connectivity index (χ0v) is 9.56. The summed E-state index contributed by atoms with van der Waals surface area (Å²) in [6.07, 6.45) is 3.58. The van der Waals surface area contributed by atoms with Crippen LogP contribution >= 0.6 is 0 Å². The van der Waals surface area contributed by atoms with E-state index in [0.717, 1.165) is 12.8 Å². The maximum Gasteiger partial charge on any atom is 0.274 e. The molecule has 0 saturated heterocycles. The topological polar surface area (TPSA) is 102 Å². The minimum atomic E-state index is -0.436. The van der Waals surface area contributed by atoms with Gasteiger partial charge in [-0.3, -0.25) is 14.3 Å². The SMILES string of the molecule is Cn1cc(N)c(C(=O)NCC(=O)NC2CC2)n1. The van der Waals surface area contributed by atoms with Gasteiger partial charge in [0.2, 0.25) is 5.91 Å². The molecule has 1 aromatic rings. The van der Waals surface area contributed by atoms with Crippen LogP contribution in [0.2, 0.25) is 0 Å². The van der Waals surface area contributed by atoms with E-state index in [1.165, 1.54) is 4.68 Å². The molecule has 0 atom stereocenters. The lowest BCUT2D eigenvalue weighted by Gasteiger charge is -2.04. The number of anilines is 1. The van der Waals surface area contributed by atoms with Crippen molar-refractivity contribution in [1.29, 1.82) is 0 Å². The summed E-state index contributed by atoms with van der Waals surface area (Å²) in [6, 6.07) is 0.291. The summed E-state index contributed by atoms with van der Waals surface area (Å²) in [5, 5.41) is 9.16. The third kappa shape index (κ3) is 2.96. The molecule has 0 spiro atoms. The Morgan fingerprint density at radius 1 is 1.59 bits per heavy atom. The molecule has 92 valence electrons. The molecule has 1 heterocycles. The van der Waals surface area contributed by atoms with Gasteiger partial charge in [-0.25, -0.2) is 0 Å². The fraction of sp³-hybridized carbons (Fsp3) is 0.500. The third-order valence-electron chi connectivity index (χ3n) is 2.42. The van der Waals surface area contributed by atoms with Crippen LogP contribution in [0.25, 0.3) is 0 Å². The first-order valence-corrected chi connectivity index (χ1v) is 5.43. The molecule has 1 saturated carbocycles. The molecule has 1 fully saturated rings. The molecule has 17 heavy (non-hydrogen) atoms. The number of aryl methyl sites for hydroxylation is 1. The van der Waals surface area contributed by atoms with Gasteiger partial charge in [-0.1, -0.05) is 0 Å². The Bertz CT molecular complexity index is 450. The Balaban J connectivity index is 1.84. The number of aromatic nitrogens is 2. The van der Waals surface area contributed by atoms with Crippen LogP contribution in [0.4, 0.5) is 5.69 Å². The van der Waals surface area contributed by atoms with E-state index in [2.05, 4.69) is 15.7 Å². The highest BCUT2D eigenvalue weighted by Crippen LogP contribution is 2.18. The lowest BCUT2D eigenvalue weighted by Crippen LogP contribution is -2.38. The van der Waals surface area contributed by atoms with E-state index in [-0.39, 0.29) is 18.1 Å². The van der Waals surface area contributed by atoms with Crippen molar-refractivity contribution >= 4 is 17.5 Å². The van der Waals surface area contributed by atoms with Gasteiger partial charge in [0.15, 0.2) is 5.69 Å². The molecule has 0 radical (unpaired) electrons. The predicted molar refractivity (Wildman–Crippen MR) is 61.1 cm³/mol. The maximum atomic E-state index is 11.6. The van der Waals surface area contributed by atoms with Crippen LogP contribution in [0.15, 0.2) is 6.20 Å². The van der Waals surface area contributed by atoms with Crippen molar-refractivity contribution in [2.24, 2.45) is 7.05 Å². The van der Waals surface area contributed by atoms with Crippen molar-refractivity contribution in [3.05, 3.63) is 11.9 Å². The molecule has 0 unspecified atom stereocenters. The summed E-state index contributed by atoms with van der Waals surface area (Å²) in [7, 11) is 1.67. The molecule has 2 rings (SSSR count). The summed E-state index contributed by atoms with van der Waals surface area (Å²) in [5.41, 5.74) is 6.04. The molecule has 0 aromatic carbocycles. The van der Waals surface area contributed by atoms with Gasteiger partial charge in [-0.05, 0) is 12.8 Å². The largest absolute Gasteiger partial charge is 0.396 e. The van der Waals surface area contributed by atoms with E-state index in [4.69, 9.17) is 5.73 Å². The van der Waals surface area contributed by atoms with Gasteiger partial charge in [-0.15, -0.1) is 0 Å². The number of amides is 2. The Hall–Kier alpha value is -2.05. The average molecular weight is 237 g/mol. The van der Waals surface area contributed by atoms with E-state index in [0.29, 0.717) is 11.7 Å². The lowest BCUT2D eigenvalue weighted by atomic mass is 10.3. The van der Waals surface area contributed by atoms with Crippen molar-refractivity contribution in [2.75, 3.05) is 12.3 Å². The van der Waals surface area contributed by atoms with Crippen molar-refractivity contribution in [3.63, 3.8) is 0 Å². The van der Waals surface area contributed by atoms with Crippen LogP contribution in [0.1, 0.15) is 23.3 Å². The van der Waals surface area contributed by atoms with Crippen LogP contribution in [-0.4, -0.2) is 34.2 Å². The Labute approximate surface area is 98.4 Å². The molecule has 4 N–H and O–H groups in total. The van der Waals surface area contributed by atoms with Crippen LogP contribution in [0.3, 0.4) is 0 Å². The van der Waals surface area contributed by atoms with Gasteiger partial charge in [0, 0.05) is 19.3 Å². The molecule has 7 heteroatoms. The monoisotopic (exact) mass is 237 g/mol. The highest BCUT2D eigenvalue weighted by Gasteiger charge is 2.23. The molecule has 0 aliphatic heterocycles. The second kappa shape index (κ2) is 4.44. The molecule has 1 aliphatic rings. The van der Waals surface area contributed by atoms with Crippen molar-refractivity contribution in [1.82, 2.24) is 20.4 Å². The number of nitrogens with two attached hydrogens (primary N) is 1. The van der Waals surface area contributed by atoms with E-state index in [1.54, 1.807) is 13.2 Å². The number of hydrogen-bond donors (Lipinski definition) is 3. The Kier molecular flexibility index (Phi) is 2.99. The second-order valence-electron chi connectivity index (χ2n) is 4.13. The molecule has 2 amide bonds. The number of rotatable bonds is 4. The maximum absolute atomic E-state index is 11.6.